The lowest BCUT2D eigenvalue weighted by Gasteiger charge is -2.39. The minimum atomic E-state index is 0.421. The van der Waals surface area contributed by atoms with Gasteiger partial charge in [-0.15, -0.1) is 0 Å². The third kappa shape index (κ3) is 3.63. The summed E-state index contributed by atoms with van der Waals surface area (Å²) in [7, 11) is 0. The van der Waals surface area contributed by atoms with Crippen molar-refractivity contribution in [1.29, 1.82) is 0 Å². The Labute approximate surface area is 197 Å². The first-order valence-electron chi connectivity index (χ1n) is 12.6. The molecule has 1 saturated heterocycles. The van der Waals surface area contributed by atoms with Gasteiger partial charge in [0, 0.05) is 48.7 Å². The van der Waals surface area contributed by atoms with Crippen molar-refractivity contribution in [2.24, 2.45) is 0 Å². The zero-order valence-electron chi connectivity index (χ0n) is 19.3. The Bertz CT molecular complexity index is 1310. The van der Waals surface area contributed by atoms with Crippen molar-refractivity contribution in [1.82, 2.24) is 34.4 Å². The fourth-order valence-electron chi connectivity index (χ4n) is 5.71. The summed E-state index contributed by atoms with van der Waals surface area (Å²) in [6.07, 6.45) is 14.8. The van der Waals surface area contributed by atoms with E-state index >= 15 is 0 Å². The highest BCUT2D eigenvalue weighted by Gasteiger charge is 2.29. The summed E-state index contributed by atoms with van der Waals surface area (Å²) in [4.78, 5) is 20.1. The number of hydrogen-bond acceptors (Lipinski definition) is 7. The molecule has 9 heteroatoms. The van der Waals surface area contributed by atoms with Gasteiger partial charge in [0.1, 0.15) is 17.8 Å². The van der Waals surface area contributed by atoms with Crippen LogP contribution < -0.4 is 5.32 Å². The average molecular weight is 459 g/mol. The molecular formula is C25H30N8O. The number of hydrogen-bond donors (Lipinski definition) is 2. The number of H-pyrrole nitrogens is 1. The fourth-order valence-corrected chi connectivity index (χ4v) is 5.71. The van der Waals surface area contributed by atoms with Crippen LogP contribution in [0.5, 0.6) is 0 Å². The van der Waals surface area contributed by atoms with E-state index in [1.807, 2.05) is 29.2 Å². The third-order valence-corrected chi connectivity index (χ3v) is 7.76. The molecule has 2 aliphatic carbocycles. The molecule has 3 fully saturated rings. The molecule has 176 valence electrons. The molecule has 0 amide bonds. The van der Waals surface area contributed by atoms with E-state index in [2.05, 4.69) is 30.3 Å². The number of fused-ring (bicyclic) bond motifs is 2. The number of morpholine rings is 1. The van der Waals surface area contributed by atoms with Crippen LogP contribution >= 0.6 is 0 Å². The Morgan fingerprint density at radius 1 is 1.03 bits per heavy atom. The zero-order chi connectivity index (χ0) is 22.5. The lowest BCUT2D eigenvalue weighted by atomic mass is 9.90. The van der Waals surface area contributed by atoms with E-state index in [1.54, 1.807) is 6.33 Å². The first-order valence-corrected chi connectivity index (χ1v) is 12.6. The maximum absolute atomic E-state index is 5.53. The molecule has 2 saturated carbocycles. The highest BCUT2D eigenvalue weighted by molar-refractivity contribution is 6.00. The summed E-state index contributed by atoms with van der Waals surface area (Å²) >= 11 is 0. The average Bonchev–Trinajstić information content (AvgIpc) is 3.49. The lowest BCUT2D eigenvalue weighted by Crippen LogP contribution is -2.46. The number of aromatic nitrogens is 6. The maximum Gasteiger partial charge on any atom is 0.159 e. The van der Waals surface area contributed by atoms with E-state index in [1.165, 1.54) is 31.2 Å². The van der Waals surface area contributed by atoms with E-state index < -0.39 is 0 Å². The van der Waals surface area contributed by atoms with Crippen molar-refractivity contribution in [3.8, 4) is 11.3 Å². The molecule has 1 aliphatic heterocycles. The number of ether oxygens (including phenoxy) is 1. The van der Waals surface area contributed by atoms with Crippen molar-refractivity contribution in [2.75, 3.05) is 31.6 Å². The van der Waals surface area contributed by atoms with E-state index in [-0.39, 0.29) is 0 Å². The second-order valence-electron chi connectivity index (χ2n) is 9.90. The molecule has 0 atom stereocenters. The molecule has 4 aromatic rings. The van der Waals surface area contributed by atoms with Crippen LogP contribution in [0.4, 0.5) is 5.82 Å². The summed E-state index contributed by atoms with van der Waals surface area (Å²) in [5.41, 5.74) is 5.02. The van der Waals surface area contributed by atoms with Crippen LogP contribution in [0.15, 0.2) is 31.0 Å². The lowest BCUT2D eigenvalue weighted by molar-refractivity contribution is 0.00791. The largest absolute Gasteiger partial charge is 0.379 e. The standard InChI is InChI=1S/C25H30N8O/c1-2-16(1)19-14-29-33-8-7-21(31-25(19)33)20-13-26-23-22(20)24(28-15-27-23)30-17-3-5-18(6-4-17)32-9-11-34-12-10-32/h7-8,13-18H,1-6,9-12H2,(H2,26,27,28,30)/t17-,18-. The van der Waals surface area contributed by atoms with Crippen molar-refractivity contribution >= 4 is 22.5 Å². The van der Waals surface area contributed by atoms with Crippen LogP contribution in [-0.4, -0.2) is 72.8 Å². The molecule has 0 unspecified atom stereocenters. The molecule has 9 nitrogen and oxygen atoms in total. The maximum atomic E-state index is 5.53. The second kappa shape index (κ2) is 8.32. The number of aromatic amines is 1. The van der Waals surface area contributed by atoms with Gasteiger partial charge in [-0.3, -0.25) is 4.90 Å². The first kappa shape index (κ1) is 20.3. The predicted molar refractivity (Wildman–Crippen MR) is 130 cm³/mol. The SMILES string of the molecule is c1nc(N[C@H]2CC[C@H](N3CCOCC3)CC2)c2c(-c3ccn4ncc(C5CC5)c4n3)c[nH]c2n1. The van der Waals surface area contributed by atoms with E-state index in [0.29, 0.717) is 18.0 Å². The summed E-state index contributed by atoms with van der Waals surface area (Å²) in [5, 5.41) is 9.27. The summed E-state index contributed by atoms with van der Waals surface area (Å²) in [6, 6.07) is 3.14. The van der Waals surface area contributed by atoms with Crippen molar-refractivity contribution < 1.29 is 4.74 Å². The Kier molecular flexibility index (Phi) is 4.98. The topological polar surface area (TPSA) is 96.3 Å². The number of nitrogens with one attached hydrogen (secondary N) is 2. The fraction of sp³-hybridized carbons (Fsp3) is 0.520. The molecule has 4 aromatic heterocycles. The van der Waals surface area contributed by atoms with Crippen LogP contribution in [0.2, 0.25) is 0 Å². The summed E-state index contributed by atoms with van der Waals surface area (Å²) in [5.74, 6) is 1.50. The second-order valence-corrected chi connectivity index (χ2v) is 9.90. The first-order chi connectivity index (χ1) is 16.8. The van der Waals surface area contributed by atoms with Gasteiger partial charge in [0.25, 0.3) is 0 Å². The van der Waals surface area contributed by atoms with Gasteiger partial charge in [0.2, 0.25) is 0 Å². The van der Waals surface area contributed by atoms with Gasteiger partial charge in [-0.25, -0.2) is 19.5 Å². The molecule has 7 rings (SSSR count). The monoisotopic (exact) mass is 458 g/mol. The van der Waals surface area contributed by atoms with Gasteiger partial charge in [-0.05, 0) is 50.5 Å². The minimum absolute atomic E-state index is 0.421. The third-order valence-electron chi connectivity index (χ3n) is 7.76. The summed E-state index contributed by atoms with van der Waals surface area (Å²) < 4.78 is 7.41. The van der Waals surface area contributed by atoms with Crippen LogP contribution in [0.3, 0.4) is 0 Å². The van der Waals surface area contributed by atoms with Crippen LogP contribution in [-0.2, 0) is 4.74 Å². The molecule has 3 aliphatic rings. The van der Waals surface area contributed by atoms with Crippen molar-refractivity contribution in [3.05, 3.63) is 36.5 Å². The van der Waals surface area contributed by atoms with Gasteiger partial charge >= 0.3 is 0 Å². The summed E-state index contributed by atoms with van der Waals surface area (Å²) in [6.45, 7) is 3.88. The van der Waals surface area contributed by atoms with Gasteiger partial charge in [0.05, 0.1) is 30.5 Å². The molecule has 0 bridgehead atoms. The number of rotatable bonds is 5. The van der Waals surface area contributed by atoms with Gasteiger partial charge in [-0.2, -0.15) is 5.10 Å². The Morgan fingerprint density at radius 2 is 1.88 bits per heavy atom. The normalized spacial score (nSPS) is 24.1. The Balaban J connectivity index is 1.15. The van der Waals surface area contributed by atoms with E-state index in [4.69, 9.17) is 9.72 Å². The Hall–Kier alpha value is -3.04. The van der Waals surface area contributed by atoms with Crippen molar-refractivity contribution in [2.45, 2.75) is 56.5 Å². The molecule has 0 spiro atoms. The molecule has 5 heterocycles. The number of anilines is 1. The smallest absolute Gasteiger partial charge is 0.159 e. The van der Waals surface area contributed by atoms with E-state index in [0.717, 1.165) is 72.9 Å². The van der Waals surface area contributed by atoms with Gasteiger partial charge < -0.3 is 15.0 Å². The number of nitrogens with zero attached hydrogens (tertiary/aromatic N) is 6. The highest BCUT2D eigenvalue weighted by Crippen LogP contribution is 2.42. The molecule has 2 N–H and O–H groups in total. The minimum Gasteiger partial charge on any atom is -0.379 e. The molecule has 0 radical (unpaired) electrons. The highest BCUT2D eigenvalue weighted by atomic mass is 16.5. The van der Waals surface area contributed by atoms with E-state index in [9.17, 15) is 0 Å². The van der Waals surface area contributed by atoms with Crippen LogP contribution in [0.25, 0.3) is 27.9 Å². The molecule has 34 heavy (non-hydrogen) atoms. The van der Waals surface area contributed by atoms with Crippen LogP contribution in [0, 0.1) is 0 Å². The van der Waals surface area contributed by atoms with Gasteiger partial charge in [-0.1, -0.05) is 0 Å². The zero-order valence-corrected chi connectivity index (χ0v) is 19.3. The van der Waals surface area contributed by atoms with Gasteiger partial charge in [0.15, 0.2) is 5.65 Å². The van der Waals surface area contributed by atoms with Crippen molar-refractivity contribution in [3.63, 3.8) is 0 Å². The predicted octanol–water partition coefficient (Wildman–Crippen LogP) is 3.60. The van der Waals surface area contributed by atoms with Crippen LogP contribution in [0.1, 0.15) is 50.0 Å². The molecular weight excluding hydrogens is 428 g/mol. The molecule has 0 aromatic carbocycles. The quantitative estimate of drug-likeness (QED) is 0.472. The Morgan fingerprint density at radius 3 is 2.71 bits per heavy atom.